The molecule has 5 nitrogen and oxygen atoms in total. The van der Waals surface area contributed by atoms with Gasteiger partial charge in [-0.1, -0.05) is 11.6 Å². The van der Waals surface area contributed by atoms with Gasteiger partial charge in [0.1, 0.15) is 6.04 Å². The quantitative estimate of drug-likeness (QED) is 0.917. The fourth-order valence-electron chi connectivity index (χ4n) is 1.42. The van der Waals surface area contributed by atoms with E-state index >= 15 is 0 Å². The van der Waals surface area contributed by atoms with Crippen molar-refractivity contribution in [2.75, 3.05) is 7.05 Å². The van der Waals surface area contributed by atoms with Crippen molar-refractivity contribution in [3.8, 4) is 0 Å². The predicted octanol–water partition coefficient (Wildman–Crippen LogP) is 1.74. The summed E-state index contributed by atoms with van der Waals surface area (Å²) in [7, 11) is -2.60. The Kier molecular flexibility index (Phi) is 4.37. The van der Waals surface area contributed by atoms with Crippen LogP contribution in [0, 0.1) is 6.92 Å². The molecule has 0 saturated heterocycles. The van der Waals surface area contributed by atoms with E-state index in [1.54, 1.807) is 6.92 Å². The summed E-state index contributed by atoms with van der Waals surface area (Å²) in [5, 5.41) is 9.28. The first-order chi connectivity index (χ1) is 8.17. The SMILES string of the molecule is Cc1cc(Cl)ccc1S(=O)(=O)N(C)C(C)C(=O)O. The molecule has 0 bridgehead atoms. The van der Waals surface area contributed by atoms with Crippen molar-refractivity contribution in [2.24, 2.45) is 0 Å². The van der Waals surface area contributed by atoms with Crippen molar-refractivity contribution in [3.63, 3.8) is 0 Å². The lowest BCUT2D eigenvalue weighted by Crippen LogP contribution is -2.40. The number of hydrogen-bond donors (Lipinski definition) is 1. The number of carboxylic acids is 1. The summed E-state index contributed by atoms with van der Waals surface area (Å²) >= 11 is 5.76. The van der Waals surface area contributed by atoms with Gasteiger partial charge in [-0.2, -0.15) is 4.31 Å². The van der Waals surface area contributed by atoms with Crippen molar-refractivity contribution in [3.05, 3.63) is 28.8 Å². The monoisotopic (exact) mass is 291 g/mol. The van der Waals surface area contributed by atoms with Crippen LogP contribution in [0.1, 0.15) is 12.5 Å². The Hall–Kier alpha value is -1.11. The summed E-state index contributed by atoms with van der Waals surface area (Å²) in [6.07, 6.45) is 0. The van der Waals surface area contributed by atoms with Gasteiger partial charge in [0.2, 0.25) is 10.0 Å². The minimum atomic E-state index is -3.84. The maximum absolute atomic E-state index is 12.2. The van der Waals surface area contributed by atoms with E-state index in [4.69, 9.17) is 16.7 Å². The van der Waals surface area contributed by atoms with Gasteiger partial charge in [-0.15, -0.1) is 0 Å². The highest BCUT2D eigenvalue weighted by Gasteiger charge is 2.30. The van der Waals surface area contributed by atoms with E-state index in [0.29, 0.717) is 10.6 Å². The average Bonchev–Trinajstić information content (AvgIpc) is 2.26. The molecule has 0 fully saturated rings. The molecule has 0 spiro atoms. The van der Waals surface area contributed by atoms with Crippen LogP contribution >= 0.6 is 11.6 Å². The van der Waals surface area contributed by atoms with E-state index in [2.05, 4.69) is 0 Å². The summed E-state index contributed by atoms with van der Waals surface area (Å²) in [5.41, 5.74) is 0.479. The van der Waals surface area contributed by atoms with Crippen LogP contribution in [0.15, 0.2) is 23.1 Å². The molecular weight excluding hydrogens is 278 g/mol. The van der Waals surface area contributed by atoms with E-state index < -0.39 is 22.0 Å². The van der Waals surface area contributed by atoms with Crippen LogP contribution in [0.25, 0.3) is 0 Å². The highest BCUT2D eigenvalue weighted by atomic mass is 35.5. The first-order valence-corrected chi connectivity index (χ1v) is 6.96. The highest BCUT2D eigenvalue weighted by molar-refractivity contribution is 7.89. The zero-order valence-electron chi connectivity index (χ0n) is 10.2. The Labute approximate surface area is 111 Å². The number of carbonyl (C=O) groups is 1. The summed E-state index contributed by atoms with van der Waals surface area (Å²) < 4.78 is 25.3. The minimum Gasteiger partial charge on any atom is -0.480 e. The Morgan fingerprint density at radius 2 is 2.00 bits per heavy atom. The Bertz CT molecular complexity index is 570. The number of halogens is 1. The molecule has 1 rings (SSSR count). The predicted molar refractivity (Wildman–Crippen MR) is 68.2 cm³/mol. The molecule has 100 valence electrons. The maximum atomic E-state index is 12.2. The molecule has 0 heterocycles. The largest absolute Gasteiger partial charge is 0.480 e. The topological polar surface area (TPSA) is 74.7 Å². The molecule has 0 aliphatic rings. The van der Waals surface area contributed by atoms with Crippen LogP contribution in [0.2, 0.25) is 5.02 Å². The molecule has 1 atom stereocenters. The number of nitrogens with zero attached hydrogens (tertiary/aromatic N) is 1. The lowest BCUT2D eigenvalue weighted by Gasteiger charge is -2.22. The third-order valence-electron chi connectivity index (χ3n) is 2.70. The van der Waals surface area contributed by atoms with Gasteiger partial charge in [-0.05, 0) is 37.6 Å². The standard InChI is InChI=1S/C11H14ClNO4S/c1-7-6-9(12)4-5-10(7)18(16,17)13(3)8(2)11(14)15/h4-6,8H,1-3H3,(H,14,15). The van der Waals surface area contributed by atoms with E-state index in [0.717, 1.165) is 4.31 Å². The van der Waals surface area contributed by atoms with Crippen LogP contribution < -0.4 is 0 Å². The fraction of sp³-hybridized carbons (Fsp3) is 0.364. The Morgan fingerprint density at radius 1 is 1.44 bits per heavy atom. The van der Waals surface area contributed by atoms with Gasteiger partial charge in [-0.3, -0.25) is 4.79 Å². The fourth-order valence-corrected chi connectivity index (χ4v) is 3.17. The maximum Gasteiger partial charge on any atom is 0.321 e. The van der Waals surface area contributed by atoms with E-state index in [-0.39, 0.29) is 4.90 Å². The number of likely N-dealkylation sites (N-methyl/N-ethyl adjacent to an activating group) is 1. The van der Waals surface area contributed by atoms with Crippen LogP contribution in [0.5, 0.6) is 0 Å². The molecule has 0 aromatic heterocycles. The van der Waals surface area contributed by atoms with Crippen LogP contribution in [-0.4, -0.2) is 36.9 Å². The number of sulfonamides is 1. The zero-order valence-corrected chi connectivity index (χ0v) is 11.8. The lowest BCUT2D eigenvalue weighted by molar-refractivity contribution is -0.140. The van der Waals surface area contributed by atoms with Crippen LogP contribution in [0.3, 0.4) is 0 Å². The number of aliphatic carboxylic acids is 1. The first-order valence-electron chi connectivity index (χ1n) is 5.15. The smallest absolute Gasteiger partial charge is 0.321 e. The van der Waals surface area contributed by atoms with Gasteiger partial charge in [0.05, 0.1) is 4.90 Å². The summed E-state index contributed by atoms with van der Waals surface area (Å²) in [6.45, 7) is 2.92. The normalized spacial score (nSPS) is 13.6. The second-order valence-corrected chi connectivity index (χ2v) is 6.35. The summed E-state index contributed by atoms with van der Waals surface area (Å²) in [5.74, 6) is -1.20. The third kappa shape index (κ3) is 2.82. The van der Waals surface area contributed by atoms with Crippen LogP contribution in [-0.2, 0) is 14.8 Å². The third-order valence-corrected chi connectivity index (χ3v) is 5.02. The number of aryl methyl sites for hydroxylation is 1. The lowest BCUT2D eigenvalue weighted by atomic mass is 10.2. The van der Waals surface area contributed by atoms with Gasteiger partial charge >= 0.3 is 5.97 Å². The molecule has 1 aromatic carbocycles. The highest BCUT2D eigenvalue weighted by Crippen LogP contribution is 2.23. The first kappa shape index (κ1) is 14.9. The number of rotatable bonds is 4. The molecule has 1 unspecified atom stereocenters. The van der Waals surface area contributed by atoms with E-state index in [1.807, 2.05) is 0 Å². The zero-order chi connectivity index (χ0) is 14.1. The molecule has 1 N–H and O–H groups in total. The molecule has 0 aliphatic carbocycles. The molecule has 18 heavy (non-hydrogen) atoms. The molecule has 0 saturated carbocycles. The van der Waals surface area contributed by atoms with Gasteiger partial charge in [0.15, 0.2) is 0 Å². The average molecular weight is 292 g/mol. The summed E-state index contributed by atoms with van der Waals surface area (Å²) in [4.78, 5) is 10.9. The summed E-state index contributed by atoms with van der Waals surface area (Å²) in [6, 6.07) is 3.22. The van der Waals surface area contributed by atoms with E-state index in [1.165, 1.54) is 32.2 Å². The van der Waals surface area contributed by atoms with Crippen molar-refractivity contribution in [1.82, 2.24) is 4.31 Å². The van der Waals surface area contributed by atoms with E-state index in [9.17, 15) is 13.2 Å². The number of hydrogen-bond acceptors (Lipinski definition) is 3. The molecule has 0 amide bonds. The minimum absolute atomic E-state index is 0.0579. The molecule has 1 aromatic rings. The van der Waals surface area contributed by atoms with Gasteiger partial charge in [0, 0.05) is 12.1 Å². The van der Waals surface area contributed by atoms with Crippen molar-refractivity contribution >= 4 is 27.6 Å². The number of benzene rings is 1. The molecular formula is C11H14ClNO4S. The second-order valence-electron chi connectivity index (χ2n) is 3.95. The molecule has 0 radical (unpaired) electrons. The Balaban J connectivity index is 3.25. The Morgan fingerprint density at radius 3 is 2.44 bits per heavy atom. The van der Waals surface area contributed by atoms with Gasteiger partial charge in [-0.25, -0.2) is 8.42 Å². The molecule has 7 heteroatoms. The van der Waals surface area contributed by atoms with Crippen molar-refractivity contribution < 1.29 is 18.3 Å². The van der Waals surface area contributed by atoms with Crippen LogP contribution in [0.4, 0.5) is 0 Å². The van der Waals surface area contributed by atoms with Gasteiger partial charge in [0.25, 0.3) is 0 Å². The number of carboxylic acid groups (broad SMARTS) is 1. The molecule has 0 aliphatic heterocycles. The van der Waals surface area contributed by atoms with Crippen molar-refractivity contribution in [2.45, 2.75) is 24.8 Å². The second kappa shape index (κ2) is 5.26. The van der Waals surface area contributed by atoms with Gasteiger partial charge < -0.3 is 5.11 Å². The van der Waals surface area contributed by atoms with Crippen molar-refractivity contribution in [1.29, 1.82) is 0 Å².